The molecule has 2 unspecified atom stereocenters. The van der Waals surface area contributed by atoms with Gasteiger partial charge >= 0.3 is 0 Å². The van der Waals surface area contributed by atoms with E-state index in [1.165, 1.54) is 19.3 Å². The minimum absolute atomic E-state index is 0.147. The third kappa shape index (κ3) is 1.50. The van der Waals surface area contributed by atoms with Crippen LogP contribution in [0.25, 0.3) is 0 Å². The van der Waals surface area contributed by atoms with Gasteiger partial charge in [-0.3, -0.25) is 0 Å². The Morgan fingerprint density at radius 1 is 1.31 bits per heavy atom. The Balaban J connectivity index is 1.85. The molecule has 0 amide bonds. The van der Waals surface area contributed by atoms with Crippen LogP contribution in [-0.4, -0.2) is 23.1 Å². The van der Waals surface area contributed by atoms with Crippen molar-refractivity contribution in [2.75, 3.05) is 23.7 Å². The van der Waals surface area contributed by atoms with Crippen molar-refractivity contribution in [1.29, 1.82) is 0 Å². The highest BCUT2D eigenvalue weighted by Crippen LogP contribution is 2.39. The van der Waals surface area contributed by atoms with E-state index < -0.39 is 0 Å². The molecule has 1 aliphatic heterocycles. The molecule has 0 bridgehead atoms. The molecule has 1 aromatic heterocycles. The first-order valence-corrected chi connectivity index (χ1v) is 5.77. The van der Waals surface area contributed by atoms with Gasteiger partial charge in [-0.1, -0.05) is 6.42 Å². The zero-order valence-electron chi connectivity index (χ0n) is 9.06. The highest BCUT2D eigenvalue weighted by molar-refractivity contribution is 5.44. The molecule has 16 heavy (non-hydrogen) atoms. The molecule has 1 aliphatic carbocycles. The second-order valence-electron chi connectivity index (χ2n) is 4.76. The van der Waals surface area contributed by atoms with Crippen LogP contribution in [0, 0.1) is 17.7 Å². The van der Waals surface area contributed by atoms with Crippen LogP contribution in [-0.2, 0) is 0 Å². The zero-order chi connectivity index (χ0) is 11.1. The van der Waals surface area contributed by atoms with E-state index in [-0.39, 0.29) is 11.8 Å². The van der Waals surface area contributed by atoms with E-state index in [9.17, 15) is 4.39 Å². The SMILES string of the molecule is Nc1ncc(F)c(N2CC3CCCC3C2)n1. The first-order chi connectivity index (χ1) is 7.74. The molecule has 0 radical (unpaired) electrons. The van der Waals surface area contributed by atoms with E-state index in [1.54, 1.807) is 0 Å². The number of anilines is 2. The topological polar surface area (TPSA) is 55.0 Å². The van der Waals surface area contributed by atoms with Crippen LogP contribution in [0.3, 0.4) is 0 Å². The smallest absolute Gasteiger partial charge is 0.222 e. The van der Waals surface area contributed by atoms with E-state index in [0.717, 1.165) is 31.1 Å². The average Bonchev–Trinajstić information content (AvgIpc) is 2.81. The summed E-state index contributed by atoms with van der Waals surface area (Å²) in [7, 11) is 0. The highest BCUT2D eigenvalue weighted by Gasteiger charge is 2.37. The number of hydrogen-bond donors (Lipinski definition) is 1. The monoisotopic (exact) mass is 222 g/mol. The lowest BCUT2D eigenvalue weighted by molar-refractivity contribution is 0.494. The fraction of sp³-hybridized carbons (Fsp3) is 0.636. The number of nitrogen functional groups attached to an aromatic ring is 1. The molecular formula is C11H15FN4. The Bertz CT molecular complexity index is 397. The molecule has 1 aromatic rings. The third-order valence-corrected chi connectivity index (χ3v) is 3.77. The van der Waals surface area contributed by atoms with Gasteiger partial charge in [0.2, 0.25) is 5.95 Å². The number of nitrogens with two attached hydrogens (primary N) is 1. The van der Waals surface area contributed by atoms with Crippen LogP contribution >= 0.6 is 0 Å². The Morgan fingerprint density at radius 2 is 2.00 bits per heavy atom. The third-order valence-electron chi connectivity index (χ3n) is 3.77. The van der Waals surface area contributed by atoms with E-state index >= 15 is 0 Å². The lowest BCUT2D eigenvalue weighted by Crippen LogP contribution is -2.23. The van der Waals surface area contributed by atoms with Crippen molar-refractivity contribution in [2.45, 2.75) is 19.3 Å². The fourth-order valence-corrected chi connectivity index (χ4v) is 3.00. The average molecular weight is 222 g/mol. The standard InChI is InChI=1S/C11H15FN4/c12-9-4-14-11(13)15-10(9)16-5-7-2-1-3-8(7)6-16/h4,7-8H,1-3,5-6H2,(H2,13,14,15). The zero-order valence-corrected chi connectivity index (χ0v) is 9.06. The molecule has 2 fully saturated rings. The van der Waals surface area contributed by atoms with Gasteiger partial charge < -0.3 is 10.6 Å². The molecule has 86 valence electrons. The minimum atomic E-state index is -0.367. The molecule has 1 saturated carbocycles. The number of nitrogens with zero attached hydrogens (tertiary/aromatic N) is 3. The second kappa shape index (κ2) is 3.57. The largest absolute Gasteiger partial charge is 0.368 e. The van der Waals surface area contributed by atoms with Gasteiger partial charge in [0.05, 0.1) is 6.20 Å². The maximum Gasteiger partial charge on any atom is 0.222 e. The molecule has 5 heteroatoms. The van der Waals surface area contributed by atoms with E-state index in [2.05, 4.69) is 9.97 Å². The lowest BCUT2D eigenvalue weighted by atomic mass is 10.0. The van der Waals surface area contributed by atoms with Crippen LogP contribution in [0.4, 0.5) is 16.2 Å². The summed E-state index contributed by atoms with van der Waals surface area (Å²) in [6, 6.07) is 0. The first-order valence-electron chi connectivity index (χ1n) is 5.77. The molecule has 0 aromatic carbocycles. The summed E-state index contributed by atoms with van der Waals surface area (Å²) in [6.45, 7) is 1.83. The molecular weight excluding hydrogens is 207 g/mol. The minimum Gasteiger partial charge on any atom is -0.368 e. The van der Waals surface area contributed by atoms with Crippen molar-refractivity contribution in [1.82, 2.24) is 9.97 Å². The fourth-order valence-electron chi connectivity index (χ4n) is 3.00. The van der Waals surface area contributed by atoms with Crippen LogP contribution in [0.5, 0.6) is 0 Å². The Morgan fingerprint density at radius 3 is 2.69 bits per heavy atom. The normalized spacial score (nSPS) is 28.4. The predicted molar refractivity (Wildman–Crippen MR) is 59.4 cm³/mol. The van der Waals surface area contributed by atoms with Gasteiger partial charge in [-0.15, -0.1) is 0 Å². The van der Waals surface area contributed by atoms with Gasteiger partial charge in [0.15, 0.2) is 11.6 Å². The van der Waals surface area contributed by atoms with E-state index in [0.29, 0.717) is 5.82 Å². The van der Waals surface area contributed by atoms with Gasteiger partial charge in [-0.05, 0) is 24.7 Å². The molecule has 1 saturated heterocycles. The molecule has 2 heterocycles. The van der Waals surface area contributed by atoms with Crippen LogP contribution < -0.4 is 10.6 Å². The summed E-state index contributed by atoms with van der Waals surface area (Å²) >= 11 is 0. The number of aromatic nitrogens is 2. The van der Waals surface area contributed by atoms with Crippen LogP contribution in [0.1, 0.15) is 19.3 Å². The number of rotatable bonds is 1. The highest BCUT2D eigenvalue weighted by atomic mass is 19.1. The van der Waals surface area contributed by atoms with Crippen molar-refractivity contribution in [3.05, 3.63) is 12.0 Å². The second-order valence-corrected chi connectivity index (χ2v) is 4.76. The van der Waals surface area contributed by atoms with Gasteiger partial charge in [-0.25, -0.2) is 9.37 Å². The van der Waals surface area contributed by atoms with Crippen molar-refractivity contribution in [3.8, 4) is 0 Å². The Labute approximate surface area is 93.7 Å². The Kier molecular flexibility index (Phi) is 2.19. The van der Waals surface area contributed by atoms with Crippen LogP contribution in [0.2, 0.25) is 0 Å². The summed E-state index contributed by atoms with van der Waals surface area (Å²) in [4.78, 5) is 9.66. The van der Waals surface area contributed by atoms with E-state index in [4.69, 9.17) is 5.73 Å². The maximum atomic E-state index is 13.6. The summed E-state index contributed by atoms with van der Waals surface area (Å²) in [5.74, 6) is 1.59. The molecule has 2 N–H and O–H groups in total. The maximum absolute atomic E-state index is 13.6. The van der Waals surface area contributed by atoms with Gasteiger partial charge in [0, 0.05) is 13.1 Å². The summed E-state index contributed by atoms with van der Waals surface area (Å²) in [5, 5.41) is 0. The molecule has 2 atom stereocenters. The summed E-state index contributed by atoms with van der Waals surface area (Å²) in [6.07, 6.45) is 5.01. The Hall–Kier alpha value is -1.39. The molecule has 4 nitrogen and oxygen atoms in total. The van der Waals surface area contributed by atoms with Crippen molar-refractivity contribution in [3.63, 3.8) is 0 Å². The first kappa shape index (κ1) is 9.81. The summed E-state index contributed by atoms with van der Waals surface area (Å²) in [5.41, 5.74) is 5.50. The van der Waals surface area contributed by atoms with Gasteiger partial charge in [0.1, 0.15) is 0 Å². The van der Waals surface area contributed by atoms with Gasteiger partial charge in [0.25, 0.3) is 0 Å². The number of halogens is 1. The summed E-state index contributed by atoms with van der Waals surface area (Å²) < 4.78 is 13.6. The predicted octanol–water partition coefficient (Wildman–Crippen LogP) is 1.43. The quantitative estimate of drug-likeness (QED) is 0.781. The number of fused-ring (bicyclic) bond motifs is 1. The van der Waals surface area contributed by atoms with E-state index in [1.807, 2.05) is 4.90 Å². The van der Waals surface area contributed by atoms with Crippen molar-refractivity contribution >= 4 is 11.8 Å². The van der Waals surface area contributed by atoms with Gasteiger partial charge in [-0.2, -0.15) is 4.98 Å². The number of hydrogen-bond acceptors (Lipinski definition) is 4. The molecule has 2 aliphatic rings. The molecule has 3 rings (SSSR count). The van der Waals surface area contributed by atoms with Crippen molar-refractivity contribution < 1.29 is 4.39 Å². The van der Waals surface area contributed by atoms with Crippen molar-refractivity contribution in [2.24, 2.45) is 11.8 Å². The van der Waals surface area contributed by atoms with Crippen LogP contribution in [0.15, 0.2) is 6.20 Å². The molecule has 0 spiro atoms. The lowest BCUT2D eigenvalue weighted by Gasteiger charge is -2.18.